The predicted molar refractivity (Wildman–Crippen MR) is 229 cm³/mol. The third-order valence-electron chi connectivity index (χ3n) is 12.2. The van der Waals surface area contributed by atoms with E-state index in [-0.39, 0.29) is 59.7 Å². The number of allylic oxidation sites excluding steroid dienone is 2. The first-order valence-corrected chi connectivity index (χ1v) is 20.2. The van der Waals surface area contributed by atoms with Crippen LogP contribution in [0.2, 0.25) is 0 Å². The number of fused-ring (bicyclic) bond motifs is 8. The van der Waals surface area contributed by atoms with Crippen LogP contribution in [-0.2, 0) is 41.1 Å². The first kappa shape index (κ1) is 42.4. The number of ketones is 1. The van der Waals surface area contributed by atoms with Crippen LogP contribution < -0.4 is 0 Å². The number of pyridine rings is 1. The van der Waals surface area contributed by atoms with Gasteiger partial charge in [0.2, 0.25) is 0 Å². The second-order valence-electron chi connectivity index (χ2n) is 17.8. The Hall–Kier alpha value is -3.79. The predicted octanol–water partition coefficient (Wildman–Crippen LogP) is 14.3. The summed E-state index contributed by atoms with van der Waals surface area (Å²) >= 11 is 0. The van der Waals surface area contributed by atoms with Crippen molar-refractivity contribution in [1.29, 1.82) is 0 Å². The smallest absolute Gasteiger partial charge is 0.162 e. The fourth-order valence-electron chi connectivity index (χ4n) is 8.74. The largest absolute Gasteiger partial charge is 0.512 e. The minimum atomic E-state index is -0.000483. The van der Waals surface area contributed by atoms with Gasteiger partial charge in [-0.15, -0.1) is 29.1 Å². The topological polar surface area (TPSA) is 63.3 Å². The number of nitrogens with zero attached hydrogens (tertiary/aromatic N) is 1. The van der Waals surface area contributed by atoms with Crippen molar-refractivity contribution in [2.24, 2.45) is 11.8 Å². The van der Waals surface area contributed by atoms with Gasteiger partial charge in [0, 0.05) is 60.7 Å². The molecule has 4 aromatic carbocycles. The van der Waals surface area contributed by atoms with E-state index in [1.54, 1.807) is 0 Å². The molecule has 55 heavy (non-hydrogen) atoms. The van der Waals surface area contributed by atoms with Gasteiger partial charge in [0.1, 0.15) is 11.2 Å². The molecule has 0 amide bonds. The normalized spacial score (nSPS) is 15.3. The van der Waals surface area contributed by atoms with Gasteiger partial charge in [0.05, 0.1) is 5.76 Å². The molecule has 293 valence electrons. The minimum Gasteiger partial charge on any atom is -0.512 e. The van der Waals surface area contributed by atoms with Crippen LogP contribution >= 0.6 is 0 Å². The third kappa shape index (κ3) is 8.08. The van der Waals surface area contributed by atoms with Gasteiger partial charge in [0.25, 0.3) is 0 Å². The molecule has 4 nitrogen and oxygen atoms in total. The summed E-state index contributed by atoms with van der Waals surface area (Å²) in [6, 6.07) is 25.6. The first-order chi connectivity index (χ1) is 25.6. The first-order valence-electron chi connectivity index (χ1n) is 20.2. The molecule has 1 N–H and O–H groups in total. The summed E-state index contributed by atoms with van der Waals surface area (Å²) in [4.78, 5) is 16.7. The van der Waals surface area contributed by atoms with Gasteiger partial charge in [-0.2, -0.15) is 0 Å². The van der Waals surface area contributed by atoms with Gasteiger partial charge in [-0.1, -0.05) is 117 Å². The molecular weight excluding hydrogens is 855 g/mol. The molecule has 0 bridgehead atoms. The van der Waals surface area contributed by atoms with Crippen molar-refractivity contribution >= 4 is 49.3 Å². The van der Waals surface area contributed by atoms with E-state index in [9.17, 15) is 9.90 Å². The molecule has 0 aliphatic heterocycles. The number of hydrogen-bond donors (Lipinski definition) is 1. The fraction of sp³-hybridized carbons (Fsp3) is 0.440. The van der Waals surface area contributed by atoms with Crippen LogP contribution in [0.5, 0.6) is 0 Å². The molecule has 1 aliphatic rings. The zero-order valence-electron chi connectivity index (χ0n) is 34.9. The van der Waals surface area contributed by atoms with Crippen molar-refractivity contribution < 1.29 is 34.4 Å². The number of aliphatic hydroxyl groups excluding tert-OH is 1. The average Bonchev–Trinajstić information content (AvgIpc) is 3.53. The van der Waals surface area contributed by atoms with E-state index in [0.717, 1.165) is 65.3 Å². The van der Waals surface area contributed by atoms with Gasteiger partial charge in [-0.25, -0.2) is 0 Å². The number of carbonyl (C=O) groups excluding carboxylic acids is 1. The van der Waals surface area contributed by atoms with E-state index in [0.29, 0.717) is 0 Å². The molecule has 1 aliphatic carbocycles. The van der Waals surface area contributed by atoms with Crippen molar-refractivity contribution in [2.75, 3.05) is 0 Å². The summed E-state index contributed by atoms with van der Waals surface area (Å²) in [7, 11) is 0. The molecular formula is C50H60IrNO3-. The molecule has 0 fully saturated rings. The number of carbonyl (C=O) groups is 1. The van der Waals surface area contributed by atoms with Crippen molar-refractivity contribution in [2.45, 2.75) is 131 Å². The second kappa shape index (κ2) is 16.4. The average molecular weight is 915 g/mol. The Balaban J connectivity index is 0.000000311. The molecule has 0 unspecified atom stereocenters. The Kier molecular flexibility index (Phi) is 12.6. The Morgan fingerprint density at radius 2 is 1.44 bits per heavy atom. The molecule has 0 spiro atoms. The van der Waals surface area contributed by atoms with E-state index < -0.39 is 0 Å². The molecule has 0 saturated heterocycles. The van der Waals surface area contributed by atoms with Gasteiger partial charge in [-0.3, -0.25) is 9.78 Å². The maximum absolute atomic E-state index is 11.7. The van der Waals surface area contributed by atoms with Gasteiger partial charge in [0.15, 0.2) is 5.78 Å². The molecule has 2 heterocycles. The van der Waals surface area contributed by atoms with Crippen LogP contribution in [0.4, 0.5) is 0 Å². The summed E-state index contributed by atoms with van der Waals surface area (Å²) in [6.45, 7) is 24.5. The van der Waals surface area contributed by atoms with E-state index in [1.807, 2.05) is 33.9 Å². The monoisotopic (exact) mass is 915 g/mol. The van der Waals surface area contributed by atoms with Crippen molar-refractivity contribution in [3.63, 3.8) is 0 Å². The summed E-state index contributed by atoms with van der Waals surface area (Å²) in [5.41, 5.74) is 8.39. The van der Waals surface area contributed by atoms with E-state index >= 15 is 0 Å². The maximum Gasteiger partial charge on any atom is 0.162 e. The molecule has 2 aromatic heterocycles. The van der Waals surface area contributed by atoms with Crippen LogP contribution in [0, 0.1) is 17.9 Å². The third-order valence-corrected chi connectivity index (χ3v) is 12.2. The van der Waals surface area contributed by atoms with Crippen LogP contribution in [0.15, 0.2) is 83.1 Å². The SMILES string of the molecule is CC(C)(C)c1cc(-c2nccc3c2ccc2oc4ccc5c(c4c23)C(C)(C)CCC5(C)C)[c-]c2ccccc12.CCC(CC)C(=O)/C=C(\O)C(CC)CC.[Ir]. The molecule has 6 aromatic rings. The van der Waals surface area contributed by atoms with Crippen molar-refractivity contribution in [1.82, 2.24) is 4.98 Å². The zero-order chi connectivity index (χ0) is 39.2. The molecule has 5 heteroatoms. The zero-order valence-corrected chi connectivity index (χ0v) is 37.3. The molecule has 0 atom stereocenters. The standard InChI is InChI=1S/C37H36NO.C13H24O2.Ir/c1-35(2,3)28-21-23(20-22-10-8-9-11-24(22)28)34-26-12-14-29-31(25(26)16-19-38-34)32-30(39-29)15-13-27-33(32)37(6,7)18-17-36(27,4)5;1-5-10(6-2)12(14)9-13(15)11(7-3)8-4;/h8-16,19,21H,17-18H2,1-7H3;9-11,14H,5-8H2,1-4H3;/q-1;;/b;12-9-;. The van der Waals surface area contributed by atoms with E-state index in [2.05, 4.69) is 115 Å². The number of furan rings is 1. The quantitative estimate of drug-likeness (QED) is 0.0939. The van der Waals surface area contributed by atoms with Crippen LogP contribution in [0.1, 0.15) is 131 Å². The van der Waals surface area contributed by atoms with Crippen LogP contribution in [0.3, 0.4) is 0 Å². The number of rotatable bonds is 8. The number of aliphatic hydroxyl groups is 1. The van der Waals surface area contributed by atoms with Gasteiger partial charge < -0.3 is 9.52 Å². The number of aromatic nitrogens is 1. The summed E-state index contributed by atoms with van der Waals surface area (Å²) < 4.78 is 6.53. The summed E-state index contributed by atoms with van der Waals surface area (Å²) in [5, 5.41) is 17.0. The Bertz CT molecular complexity index is 2360. The summed E-state index contributed by atoms with van der Waals surface area (Å²) in [6.07, 6.45) is 9.22. The van der Waals surface area contributed by atoms with Gasteiger partial charge in [-0.05, 0) is 94.9 Å². The maximum atomic E-state index is 11.7. The number of benzene rings is 4. The number of hydrogen-bond acceptors (Lipinski definition) is 4. The summed E-state index contributed by atoms with van der Waals surface area (Å²) in [5.74, 6) is 0.547. The van der Waals surface area contributed by atoms with E-state index in [1.165, 1.54) is 50.7 Å². The minimum absolute atomic E-state index is 0. The van der Waals surface area contributed by atoms with Gasteiger partial charge >= 0.3 is 0 Å². The van der Waals surface area contributed by atoms with E-state index in [4.69, 9.17) is 9.40 Å². The molecule has 7 rings (SSSR count). The Labute approximate surface area is 342 Å². The van der Waals surface area contributed by atoms with Crippen molar-refractivity contribution in [3.8, 4) is 11.3 Å². The molecule has 1 radical (unpaired) electrons. The fourth-order valence-corrected chi connectivity index (χ4v) is 8.74. The Morgan fingerprint density at radius 1 is 0.818 bits per heavy atom. The van der Waals surface area contributed by atoms with Crippen LogP contribution in [0.25, 0.3) is 54.7 Å². The molecule has 0 saturated carbocycles. The van der Waals surface area contributed by atoms with Crippen LogP contribution in [-0.4, -0.2) is 15.9 Å². The van der Waals surface area contributed by atoms with Crippen molar-refractivity contribution in [3.05, 3.63) is 101 Å². The Morgan fingerprint density at radius 3 is 2.09 bits per heavy atom. The second-order valence-corrected chi connectivity index (χ2v) is 17.8.